The number of aromatic nitrogens is 4. The average Bonchev–Trinajstić information content (AvgIpc) is 3.49. The number of rotatable bonds is 7. The Kier molecular flexibility index (Phi) is 8.94. The number of fused-ring (bicyclic) bond motifs is 2. The van der Waals surface area contributed by atoms with Gasteiger partial charge in [0.05, 0.1) is 0 Å². The molecule has 10 aromatic rings. The first-order valence-corrected chi connectivity index (χ1v) is 20.5. The molecule has 4 heteroatoms. The monoisotopic (exact) mass is 766 g/mol. The zero-order valence-electron chi connectivity index (χ0n) is 32.8. The molecule has 0 unspecified atom stereocenters. The Bertz CT molecular complexity index is 3150. The van der Waals surface area contributed by atoms with Crippen LogP contribution < -0.4 is 0 Å². The summed E-state index contributed by atoms with van der Waals surface area (Å²) in [5.41, 5.74) is 17.4. The van der Waals surface area contributed by atoms with Crippen molar-refractivity contribution >= 4 is 10.8 Å². The Labute approximate surface area is 349 Å². The standard InChI is InChI=1S/C56H38N4/c1-3-9-37(10-4-1)38-21-26-45(27-22-38)55-58-54(44-11-5-2-6-12-44)59-56(60-55)46-28-23-40(24-29-46)39-17-19-41(20-18-39)47-14-7-15-48(35-47)49-30-25-42-31-32-52-53-43(33-34-57-52)13-8-16-50(53)51(42)36-49/h1-30,33-36H,31-32H2. The zero-order chi connectivity index (χ0) is 39.8. The first kappa shape index (κ1) is 35.4. The lowest BCUT2D eigenvalue weighted by atomic mass is 9.91. The predicted octanol–water partition coefficient (Wildman–Crippen LogP) is 13.9. The van der Waals surface area contributed by atoms with Crippen molar-refractivity contribution in [3.63, 3.8) is 0 Å². The number of pyridine rings is 1. The van der Waals surface area contributed by atoms with E-state index in [1.165, 1.54) is 61.0 Å². The van der Waals surface area contributed by atoms with Gasteiger partial charge < -0.3 is 0 Å². The summed E-state index contributed by atoms with van der Waals surface area (Å²) in [6.45, 7) is 0. The van der Waals surface area contributed by atoms with Crippen LogP contribution in [-0.4, -0.2) is 19.9 Å². The van der Waals surface area contributed by atoms with Gasteiger partial charge in [0, 0.05) is 34.0 Å². The molecule has 282 valence electrons. The number of nitrogens with zero attached hydrogens (tertiary/aromatic N) is 4. The molecule has 0 aliphatic heterocycles. The fourth-order valence-corrected chi connectivity index (χ4v) is 8.53. The van der Waals surface area contributed by atoms with Gasteiger partial charge in [-0.3, -0.25) is 4.98 Å². The minimum absolute atomic E-state index is 0.640. The van der Waals surface area contributed by atoms with Crippen LogP contribution in [0.3, 0.4) is 0 Å². The lowest BCUT2D eigenvalue weighted by Gasteiger charge is -2.13. The summed E-state index contributed by atoms with van der Waals surface area (Å²) in [5, 5.41) is 2.55. The number of benzene rings is 8. The highest BCUT2D eigenvalue weighted by atomic mass is 15.0. The van der Waals surface area contributed by atoms with Crippen LogP contribution in [0.1, 0.15) is 11.3 Å². The second-order valence-electron chi connectivity index (χ2n) is 15.4. The summed E-state index contributed by atoms with van der Waals surface area (Å²) in [5.74, 6) is 1.93. The van der Waals surface area contributed by atoms with Crippen molar-refractivity contribution in [2.45, 2.75) is 12.8 Å². The Balaban J connectivity index is 0.865. The van der Waals surface area contributed by atoms with E-state index < -0.39 is 0 Å². The minimum Gasteiger partial charge on any atom is -0.261 e. The minimum atomic E-state index is 0.640. The van der Waals surface area contributed by atoms with Crippen molar-refractivity contribution in [1.29, 1.82) is 0 Å². The molecule has 0 spiro atoms. The van der Waals surface area contributed by atoms with E-state index in [1.807, 2.05) is 42.6 Å². The first-order chi connectivity index (χ1) is 29.7. The lowest BCUT2D eigenvalue weighted by Crippen LogP contribution is -2.00. The molecule has 0 amide bonds. The fourth-order valence-electron chi connectivity index (χ4n) is 8.53. The molecule has 0 saturated heterocycles. The summed E-state index contributed by atoms with van der Waals surface area (Å²) in [7, 11) is 0. The largest absolute Gasteiger partial charge is 0.261 e. The van der Waals surface area contributed by atoms with E-state index in [0.29, 0.717) is 17.5 Å². The maximum absolute atomic E-state index is 5.00. The summed E-state index contributed by atoms with van der Waals surface area (Å²) in [4.78, 5) is 19.7. The van der Waals surface area contributed by atoms with Gasteiger partial charge in [0.25, 0.3) is 0 Å². The Hall–Kier alpha value is -7.82. The van der Waals surface area contributed by atoms with E-state index in [-0.39, 0.29) is 0 Å². The van der Waals surface area contributed by atoms with Gasteiger partial charge in [-0.05, 0) is 97.6 Å². The molecule has 11 rings (SSSR count). The molecule has 0 bridgehead atoms. The summed E-state index contributed by atoms with van der Waals surface area (Å²) < 4.78 is 0. The summed E-state index contributed by atoms with van der Waals surface area (Å²) in [6.07, 6.45) is 3.89. The van der Waals surface area contributed by atoms with Gasteiger partial charge >= 0.3 is 0 Å². The van der Waals surface area contributed by atoms with Crippen LogP contribution >= 0.6 is 0 Å². The summed E-state index contributed by atoms with van der Waals surface area (Å²) in [6, 6.07) is 70.9. The maximum Gasteiger partial charge on any atom is 0.164 e. The highest BCUT2D eigenvalue weighted by Gasteiger charge is 2.18. The van der Waals surface area contributed by atoms with Gasteiger partial charge in [-0.15, -0.1) is 0 Å². The van der Waals surface area contributed by atoms with Crippen LogP contribution in [0, 0.1) is 0 Å². The molecule has 0 atom stereocenters. The smallest absolute Gasteiger partial charge is 0.164 e. The van der Waals surface area contributed by atoms with Gasteiger partial charge in [-0.25, -0.2) is 15.0 Å². The van der Waals surface area contributed by atoms with Crippen LogP contribution in [0.2, 0.25) is 0 Å². The SMILES string of the molecule is c1ccc(-c2ccc(-c3nc(-c4ccccc4)nc(-c4ccc(-c5ccc(-c6cccc(-c7ccc8c(c7)-c7cccc9ccnc(c79)CC8)c6)cc5)cc4)n3)cc2)cc1. The van der Waals surface area contributed by atoms with Crippen molar-refractivity contribution in [1.82, 2.24) is 19.9 Å². The maximum atomic E-state index is 5.00. The number of aryl methyl sites for hydroxylation is 2. The normalized spacial score (nSPS) is 11.9. The zero-order valence-corrected chi connectivity index (χ0v) is 32.8. The molecule has 1 aliphatic carbocycles. The van der Waals surface area contributed by atoms with Crippen molar-refractivity contribution in [3.8, 4) is 89.8 Å². The molecule has 4 nitrogen and oxygen atoms in total. The van der Waals surface area contributed by atoms with E-state index in [1.54, 1.807) is 0 Å². The van der Waals surface area contributed by atoms with Crippen LogP contribution in [0.5, 0.6) is 0 Å². The summed E-state index contributed by atoms with van der Waals surface area (Å²) >= 11 is 0. The first-order valence-electron chi connectivity index (χ1n) is 20.5. The van der Waals surface area contributed by atoms with E-state index in [9.17, 15) is 0 Å². The van der Waals surface area contributed by atoms with Gasteiger partial charge in [-0.2, -0.15) is 0 Å². The molecular weight excluding hydrogens is 729 g/mol. The Morgan fingerprint density at radius 1 is 0.300 bits per heavy atom. The third-order valence-corrected chi connectivity index (χ3v) is 11.7. The molecule has 60 heavy (non-hydrogen) atoms. The van der Waals surface area contributed by atoms with Crippen molar-refractivity contribution in [2.24, 2.45) is 0 Å². The fraction of sp³-hybridized carbons (Fsp3) is 0.0357. The average molecular weight is 767 g/mol. The molecule has 1 aliphatic rings. The topological polar surface area (TPSA) is 51.6 Å². The number of hydrogen-bond donors (Lipinski definition) is 0. The second kappa shape index (κ2) is 15.2. The molecule has 2 aromatic heterocycles. The van der Waals surface area contributed by atoms with Crippen molar-refractivity contribution < 1.29 is 0 Å². The van der Waals surface area contributed by atoms with E-state index in [0.717, 1.165) is 46.2 Å². The van der Waals surface area contributed by atoms with E-state index in [4.69, 9.17) is 19.9 Å². The van der Waals surface area contributed by atoms with E-state index >= 15 is 0 Å². The third kappa shape index (κ3) is 6.74. The van der Waals surface area contributed by atoms with Gasteiger partial charge in [0.15, 0.2) is 17.5 Å². The third-order valence-electron chi connectivity index (χ3n) is 11.7. The molecule has 8 aromatic carbocycles. The van der Waals surface area contributed by atoms with Crippen LogP contribution in [0.15, 0.2) is 206 Å². The van der Waals surface area contributed by atoms with Crippen LogP contribution in [-0.2, 0) is 12.8 Å². The molecule has 0 saturated carbocycles. The Morgan fingerprint density at radius 3 is 1.33 bits per heavy atom. The van der Waals surface area contributed by atoms with Crippen LogP contribution in [0.25, 0.3) is 101 Å². The van der Waals surface area contributed by atoms with Gasteiger partial charge in [-0.1, -0.05) is 182 Å². The quantitative estimate of drug-likeness (QED) is 0.162. The lowest BCUT2D eigenvalue weighted by molar-refractivity contribution is 0.935. The van der Waals surface area contributed by atoms with Crippen LogP contribution in [0.4, 0.5) is 0 Å². The predicted molar refractivity (Wildman–Crippen MR) is 246 cm³/mol. The molecule has 0 radical (unpaired) electrons. The van der Waals surface area contributed by atoms with Crippen molar-refractivity contribution in [3.05, 3.63) is 218 Å². The van der Waals surface area contributed by atoms with Gasteiger partial charge in [0.1, 0.15) is 0 Å². The highest BCUT2D eigenvalue weighted by Crippen LogP contribution is 2.39. The highest BCUT2D eigenvalue weighted by molar-refractivity contribution is 6.00. The molecular formula is C56H38N4. The van der Waals surface area contributed by atoms with Gasteiger partial charge in [0.2, 0.25) is 0 Å². The Morgan fingerprint density at radius 2 is 0.733 bits per heavy atom. The molecule has 0 N–H and O–H groups in total. The van der Waals surface area contributed by atoms with E-state index in [2.05, 4.69) is 164 Å². The second-order valence-corrected chi connectivity index (χ2v) is 15.4. The number of hydrogen-bond acceptors (Lipinski definition) is 4. The molecule has 2 heterocycles. The van der Waals surface area contributed by atoms with Crippen molar-refractivity contribution in [2.75, 3.05) is 0 Å². The molecule has 0 fully saturated rings.